The summed E-state index contributed by atoms with van der Waals surface area (Å²) in [5.74, 6) is -0.210. The van der Waals surface area contributed by atoms with Crippen LogP contribution in [0.2, 0.25) is 0 Å². The molecule has 0 saturated heterocycles. The van der Waals surface area contributed by atoms with Gasteiger partial charge in [0.15, 0.2) is 5.78 Å². The predicted octanol–water partition coefficient (Wildman–Crippen LogP) is 9.43. The third-order valence-electron chi connectivity index (χ3n) is 13.6. The first-order chi connectivity index (χ1) is 17.7. The summed E-state index contributed by atoms with van der Waals surface area (Å²) in [6.07, 6.45) is 3.64. The lowest BCUT2D eigenvalue weighted by Crippen LogP contribution is -2.65. The number of hydrogen-bond acceptors (Lipinski definition) is 2. The van der Waals surface area contributed by atoms with Gasteiger partial charge in [-0.05, 0) is 103 Å². The van der Waals surface area contributed by atoms with E-state index in [1.54, 1.807) is 0 Å². The number of allylic oxidation sites excluding steroid dienone is 3. The van der Waals surface area contributed by atoms with Gasteiger partial charge in [0.1, 0.15) is 5.78 Å². The monoisotopic (exact) mass is 546 g/mol. The molecule has 0 N–H and O–H groups in total. The van der Waals surface area contributed by atoms with Crippen LogP contribution in [0.5, 0.6) is 0 Å². The Morgan fingerprint density at radius 3 is 2.26 bits per heavy atom. The summed E-state index contributed by atoms with van der Waals surface area (Å²) in [6.45, 7) is 20.5. The van der Waals surface area contributed by atoms with Crippen molar-refractivity contribution in [3.8, 4) is 0 Å². The second-order valence-electron chi connectivity index (χ2n) is 16.2. The SMILES string of the molecule is C=C1CC[C@]2(C)C3=CC(=O)[C@@H]4[C@@H]5CC(C)(C)CC[C@]5(C(=O)CCC(F)(F)F)CC[C@@]4(C)[C@]3(C)CC[C@H]2C1(C)C. The molecule has 4 saturated carbocycles. The molecule has 0 bridgehead atoms. The van der Waals surface area contributed by atoms with Gasteiger partial charge >= 0.3 is 6.18 Å². The van der Waals surface area contributed by atoms with Crippen LogP contribution in [-0.4, -0.2) is 17.7 Å². The fourth-order valence-electron chi connectivity index (χ4n) is 10.9. The Hall–Kier alpha value is -1.39. The van der Waals surface area contributed by atoms with Crippen molar-refractivity contribution in [2.75, 3.05) is 0 Å². The molecule has 5 aliphatic carbocycles. The Morgan fingerprint density at radius 2 is 1.62 bits per heavy atom. The second kappa shape index (κ2) is 8.57. The Balaban J connectivity index is 1.60. The molecule has 39 heavy (non-hydrogen) atoms. The fourth-order valence-corrected chi connectivity index (χ4v) is 10.9. The van der Waals surface area contributed by atoms with Gasteiger partial charge in [-0.15, -0.1) is 0 Å². The number of carbonyl (C=O) groups is 2. The molecule has 7 atom stereocenters. The first-order valence-corrected chi connectivity index (χ1v) is 15.3. The number of ketones is 2. The van der Waals surface area contributed by atoms with E-state index in [2.05, 4.69) is 55.0 Å². The predicted molar refractivity (Wildman–Crippen MR) is 149 cm³/mol. The zero-order chi connectivity index (χ0) is 29.0. The van der Waals surface area contributed by atoms with Crippen molar-refractivity contribution in [3.63, 3.8) is 0 Å². The topological polar surface area (TPSA) is 34.1 Å². The molecule has 5 rings (SSSR count). The van der Waals surface area contributed by atoms with Crippen molar-refractivity contribution >= 4 is 11.6 Å². The highest BCUT2D eigenvalue weighted by Crippen LogP contribution is 2.75. The first kappa shape index (κ1) is 29.1. The van der Waals surface area contributed by atoms with Crippen LogP contribution >= 0.6 is 0 Å². The number of alkyl halides is 3. The van der Waals surface area contributed by atoms with Crippen molar-refractivity contribution in [2.45, 2.75) is 125 Å². The summed E-state index contributed by atoms with van der Waals surface area (Å²) in [4.78, 5) is 28.2. The molecule has 0 spiro atoms. The Bertz CT molecular complexity index is 1130. The molecular formula is C34H49F3O2. The standard InChI is InChI=1S/C34H49F3O2/c1-21-9-12-30(6)24(29(21,4)5)10-13-31(7)25(30)19-23(38)27-22-20-28(2,3)15-17-33(22,18-16-32(27,31)8)26(39)11-14-34(35,36)37/h19,22,24,27H,1,9-18,20H2,2-8H3/t22-,24-,27-,30-,31+,32+,33-/m0/s1. The van der Waals surface area contributed by atoms with Gasteiger partial charge in [-0.1, -0.05) is 66.2 Å². The third-order valence-corrected chi connectivity index (χ3v) is 13.6. The zero-order valence-electron chi connectivity index (χ0n) is 25.2. The molecule has 5 aliphatic rings. The number of halogens is 3. The molecule has 0 amide bonds. The van der Waals surface area contributed by atoms with Gasteiger partial charge in [0.05, 0.1) is 6.42 Å². The Labute approximate surface area is 233 Å². The van der Waals surface area contributed by atoms with Crippen LogP contribution in [0.3, 0.4) is 0 Å². The second-order valence-corrected chi connectivity index (χ2v) is 16.2. The quantitative estimate of drug-likeness (QED) is 0.330. The van der Waals surface area contributed by atoms with E-state index in [0.717, 1.165) is 44.9 Å². The van der Waals surface area contributed by atoms with E-state index in [1.807, 2.05) is 6.08 Å². The lowest BCUT2D eigenvalue weighted by Gasteiger charge is -2.70. The fraction of sp³-hybridized carbons (Fsp3) is 0.824. The van der Waals surface area contributed by atoms with Crippen LogP contribution in [0.1, 0.15) is 119 Å². The van der Waals surface area contributed by atoms with E-state index in [-0.39, 0.29) is 50.5 Å². The van der Waals surface area contributed by atoms with E-state index in [1.165, 1.54) is 11.1 Å². The molecule has 0 aromatic rings. The summed E-state index contributed by atoms with van der Waals surface area (Å²) in [6, 6.07) is 0. The summed E-state index contributed by atoms with van der Waals surface area (Å²) in [7, 11) is 0. The highest BCUT2D eigenvalue weighted by molar-refractivity contribution is 5.97. The lowest BCUT2D eigenvalue weighted by atomic mass is 9.33. The molecule has 2 nitrogen and oxygen atoms in total. The van der Waals surface area contributed by atoms with Crippen LogP contribution in [0.25, 0.3) is 0 Å². The molecule has 5 heteroatoms. The van der Waals surface area contributed by atoms with Gasteiger partial charge in [0, 0.05) is 17.8 Å². The van der Waals surface area contributed by atoms with Crippen LogP contribution in [0.15, 0.2) is 23.8 Å². The molecule has 0 heterocycles. The highest BCUT2D eigenvalue weighted by atomic mass is 19.4. The van der Waals surface area contributed by atoms with Gasteiger partial charge in [0.2, 0.25) is 0 Å². The maximum atomic E-state index is 14.4. The summed E-state index contributed by atoms with van der Waals surface area (Å²) < 4.78 is 39.6. The Morgan fingerprint density at radius 1 is 0.974 bits per heavy atom. The number of rotatable bonds is 3. The lowest BCUT2D eigenvalue weighted by molar-refractivity contribution is -0.181. The maximum absolute atomic E-state index is 14.4. The van der Waals surface area contributed by atoms with Gasteiger partial charge in [0.25, 0.3) is 0 Å². The first-order valence-electron chi connectivity index (χ1n) is 15.3. The maximum Gasteiger partial charge on any atom is 0.389 e. The van der Waals surface area contributed by atoms with E-state index >= 15 is 0 Å². The van der Waals surface area contributed by atoms with Gasteiger partial charge in [-0.2, -0.15) is 13.2 Å². The van der Waals surface area contributed by atoms with Gasteiger partial charge in [-0.3, -0.25) is 9.59 Å². The minimum absolute atomic E-state index is 0.00991. The molecule has 0 unspecified atom stereocenters. The number of carbonyl (C=O) groups excluding carboxylic acids is 2. The molecule has 4 fully saturated rings. The minimum Gasteiger partial charge on any atom is -0.299 e. The van der Waals surface area contributed by atoms with Crippen molar-refractivity contribution < 1.29 is 22.8 Å². The van der Waals surface area contributed by atoms with Crippen LogP contribution in [0.4, 0.5) is 13.2 Å². The van der Waals surface area contributed by atoms with E-state index in [9.17, 15) is 22.8 Å². The number of Topliss-reactive ketones (excluding diaryl/α,β-unsaturated/α-hetero) is 1. The molecule has 0 aromatic heterocycles. The highest BCUT2D eigenvalue weighted by Gasteiger charge is 2.70. The van der Waals surface area contributed by atoms with Crippen LogP contribution < -0.4 is 0 Å². The van der Waals surface area contributed by atoms with E-state index < -0.39 is 24.4 Å². The number of hydrogen-bond donors (Lipinski definition) is 0. The smallest absolute Gasteiger partial charge is 0.299 e. The summed E-state index contributed by atoms with van der Waals surface area (Å²) in [5, 5.41) is 0. The normalized spacial score (nSPS) is 44.9. The summed E-state index contributed by atoms with van der Waals surface area (Å²) >= 11 is 0. The molecule has 0 radical (unpaired) electrons. The van der Waals surface area contributed by atoms with Gasteiger partial charge < -0.3 is 0 Å². The van der Waals surface area contributed by atoms with E-state index in [0.29, 0.717) is 18.8 Å². The molecule has 0 aliphatic heterocycles. The molecular weight excluding hydrogens is 497 g/mol. The average molecular weight is 547 g/mol. The van der Waals surface area contributed by atoms with Crippen molar-refractivity contribution in [2.24, 2.45) is 50.2 Å². The molecule has 0 aromatic carbocycles. The Kier molecular flexibility index (Phi) is 6.40. The minimum atomic E-state index is -4.35. The average Bonchev–Trinajstić information content (AvgIpc) is 2.81. The van der Waals surface area contributed by atoms with Crippen LogP contribution in [-0.2, 0) is 9.59 Å². The van der Waals surface area contributed by atoms with Crippen LogP contribution in [0, 0.1) is 50.2 Å². The third kappa shape index (κ3) is 4.01. The van der Waals surface area contributed by atoms with Crippen molar-refractivity contribution in [1.82, 2.24) is 0 Å². The molecule has 218 valence electrons. The largest absolute Gasteiger partial charge is 0.389 e. The number of fused-ring (bicyclic) bond motifs is 7. The van der Waals surface area contributed by atoms with Crippen molar-refractivity contribution in [3.05, 3.63) is 23.8 Å². The van der Waals surface area contributed by atoms with E-state index in [4.69, 9.17) is 0 Å². The summed E-state index contributed by atoms with van der Waals surface area (Å²) in [5.41, 5.74) is 1.21. The van der Waals surface area contributed by atoms with Crippen molar-refractivity contribution in [1.29, 1.82) is 0 Å². The van der Waals surface area contributed by atoms with Gasteiger partial charge in [-0.25, -0.2) is 0 Å². The zero-order valence-corrected chi connectivity index (χ0v) is 25.2.